The first-order valence-electron chi connectivity index (χ1n) is 21.1. The molecule has 1 atom stereocenters. The van der Waals surface area contributed by atoms with Crippen LogP contribution in [-0.2, 0) is 8.85 Å². The predicted molar refractivity (Wildman–Crippen MR) is 230 cm³/mol. The molecule has 6 heteroatoms. The summed E-state index contributed by atoms with van der Waals surface area (Å²) in [5.41, 5.74) is 8.50. The summed E-state index contributed by atoms with van der Waals surface area (Å²) < 4.78 is 21.8. The van der Waals surface area contributed by atoms with E-state index < -0.39 is 43.1 Å². The molecule has 0 saturated heterocycles. The summed E-state index contributed by atoms with van der Waals surface area (Å²) in [6.45, 7) is 46.5. The molecule has 0 radical (unpaired) electrons. The number of unbranched alkanes of at least 4 members (excludes halogenated alkanes) is 3. The summed E-state index contributed by atoms with van der Waals surface area (Å²) in [5, 5.41) is 0. The number of hydrogen-bond acceptors (Lipinski definition) is 2. The van der Waals surface area contributed by atoms with Gasteiger partial charge in [0.2, 0.25) is 0 Å². The first kappa shape index (κ1) is 47.1. The van der Waals surface area contributed by atoms with Crippen LogP contribution in [0.5, 0.6) is 0 Å². The Bertz CT molecular complexity index is 832. The normalized spacial score (nSPS) is 19.1. The van der Waals surface area contributed by atoms with Gasteiger partial charge in [-0.2, -0.15) is 0 Å². The molecular weight excluding hydrogens is 739 g/mol. The topological polar surface area (TPSA) is 18.5 Å². The Morgan fingerprint density at radius 2 is 0.958 bits per heavy atom. The number of hydrogen-bond donors (Lipinski definition) is 0. The summed E-state index contributed by atoms with van der Waals surface area (Å²) in [6.07, 6.45) is 11.0. The second kappa shape index (κ2) is 20.5. The summed E-state index contributed by atoms with van der Waals surface area (Å²) in [6, 6.07) is 0. The van der Waals surface area contributed by atoms with Crippen molar-refractivity contribution in [3.8, 4) is 0 Å². The average Bonchev–Trinajstić information content (AvgIpc) is 3.28. The van der Waals surface area contributed by atoms with E-state index in [9.17, 15) is 0 Å². The summed E-state index contributed by atoms with van der Waals surface area (Å²) in [5.74, 6) is 0.756. The molecule has 0 aromatic rings. The molecule has 0 aromatic heterocycles. The van der Waals surface area contributed by atoms with E-state index in [0.29, 0.717) is 33.2 Å². The molecule has 1 aliphatic rings. The zero-order chi connectivity index (χ0) is 37.1. The predicted octanol–water partition coefficient (Wildman–Crippen LogP) is 15.4. The Hall–Kier alpha value is 1.11. The minimum atomic E-state index is -2.39. The van der Waals surface area contributed by atoms with Crippen molar-refractivity contribution in [2.45, 2.75) is 226 Å². The van der Waals surface area contributed by atoms with E-state index in [2.05, 4.69) is 129 Å². The molecule has 286 valence electrons. The fraction of sp³-hybridized carbons (Fsp3) is 0.952. The zero-order valence-electron chi connectivity index (χ0n) is 36.3. The third kappa shape index (κ3) is 12.3. The first-order valence-corrected chi connectivity index (χ1v) is 37.1. The molecule has 48 heavy (non-hydrogen) atoms. The van der Waals surface area contributed by atoms with Gasteiger partial charge < -0.3 is 0 Å². The number of rotatable bonds is 24. The maximum atomic E-state index is 7.68. The van der Waals surface area contributed by atoms with Gasteiger partial charge in [0.05, 0.1) is 0 Å². The van der Waals surface area contributed by atoms with Crippen LogP contribution in [0.2, 0.25) is 70.6 Å². The molecule has 0 N–H and O–H groups in total. The molecule has 1 rings (SSSR count). The maximum absolute atomic E-state index is 7.68. The van der Waals surface area contributed by atoms with Crippen LogP contribution >= 0.6 is 0 Å². The van der Waals surface area contributed by atoms with E-state index in [1.54, 1.807) is 17.7 Å². The van der Waals surface area contributed by atoms with Gasteiger partial charge >= 0.3 is 314 Å². The van der Waals surface area contributed by atoms with Crippen molar-refractivity contribution in [2.24, 2.45) is 11.3 Å². The van der Waals surface area contributed by atoms with Crippen LogP contribution in [0, 0.1) is 11.3 Å². The van der Waals surface area contributed by atoms with Gasteiger partial charge in [0.25, 0.3) is 0 Å². The van der Waals surface area contributed by atoms with Gasteiger partial charge in [-0.15, -0.1) is 0 Å². The van der Waals surface area contributed by atoms with E-state index in [0.717, 1.165) is 19.1 Å². The molecule has 0 spiro atoms. The van der Waals surface area contributed by atoms with Gasteiger partial charge in [0.1, 0.15) is 0 Å². The van der Waals surface area contributed by atoms with Crippen molar-refractivity contribution in [3.63, 3.8) is 0 Å². The van der Waals surface area contributed by atoms with Crippen molar-refractivity contribution in [3.05, 3.63) is 11.3 Å². The monoisotopic (exact) mass is 831 g/mol. The Balaban J connectivity index is 3.91. The summed E-state index contributed by atoms with van der Waals surface area (Å²) >= 11 is -2.39. The molecule has 1 saturated carbocycles. The van der Waals surface area contributed by atoms with E-state index in [1.807, 2.05) is 5.57 Å². The molecule has 1 fully saturated rings. The van der Waals surface area contributed by atoms with E-state index in [-0.39, 0.29) is 5.41 Å². The Labute approximate surface area is 311 Å². The molecular formula is C42H90O2Si3Sn. The molecule has 0 heterocycles. The molecule has 1 aliphatic carbocycles. The van der Waals surface area contributed by atoms with Crippen molar-refractivity contribution in [1.82, 2.24) is 0 Å². The third-order valence-corrected chi connectivity index (χ3v) is 42.3. The Kier molecular flexibility index (Phi) is 20.2. The van der Waals surface area contributed by atoms with Crippen LogP contribution in [0.3, 0.4) is 0 Å². The molecule has 2 nitrogen and oxygen atoms in total. The summed E-state index contributed by atoms with van der Waals surface area (Å²) in [7, 11) is -5.44. The van der Waals surface area contributed by atoms with E-state index in [4.69, 9.17) is 8.85 Å². The number of allylic oxidation sites excluding steroid dienone is 1. The van der Waals surface area contributed by atoms with Crippen LogP contribution in [0.15, 0.2) is 11.3 Å². The second-order valence-corrected chi connectivity index (χ2v) is 49.8. The fourth-order valence-electron chi connectivity index (χ4n) is 10.9. The summed E-state index contributed by atoms with van der Waals surface area (Å²) in [4.78, 5) is 0. The van der Waals surface area contributed by atoms with Gasteiger partial charge in [-0.25, -0.2) is 0 Å². The molecule has 0 aliphatic heterocycles. The zero-order valence-corrected chi connectivity index (χ0v) is 42.2. The minimum absolute atomic E-state index is 0.0991. The molecule has 0 amide bonds. The second-order valence-electron chi connectivity index (χ2n) is 19.9. The van der Waals surface area contributed by atoms with Crippen molar-refractivity contribution < 1.29 is 8.85 Å². The molecule has 0 aromatic carbocycles. The van der Waals surface area contributed by atoms with Gasteiger partial charge in [0, 0.05) is 0 Å². The average molecular weight is 830 g/mol. The van der Waals surface area contributed by atoms with E-state index in [1.165, 1.54) is 51.4 Å². The first-order chi connectivity index (χ1) is 22.1. The van der Waals surface area contributed by atoms with Crippen molar-refractivity contribution in [1.29, 1.82) is 0 Å². The fourth-order valence-corrected chi connectivity index (χ4v) is 41.0. The van der Waals surface area contributed by atoms with Crippen molar-refractivity contribution >= 4 is 43.1 Å². The van der Waals surface area contributed by atoms with Crippen LogP contribution in [0.25, 0.3) is 0 Å². The van der Waals surface area contributed by atoms with Gasteiger partial charge in [-0.3, -0.25) is 0 Å². The standard InChI is InChI=1S/C30H63O2Si3.3C4H9.Sn/c1-22(2)34(23(3)4,24(5)6)31-20-30(17-28(13)29(18-30)19-33(14,15)16)21-32-35(25(7)8,26(9)10)27(11)12;3*1-3-4-2;/h19,22-28H,13,17-18,20-21H2,1-12,14-16H3;3*1,3-4H2,2H3;/b29-19-;;;;. The quantitative estimate of drug-likeness (QED) is 0.0903. The van der Waals surface area contributed by atoms with Crippen LogP contribution in [0.1, 0.15) is 155 Å². The van der Waals surface area contributed by atoms with Gasteiger partial charge in [0.15, 0.2) is 0 Å². The van der Waals surface area contributed by atoms with E-state index >= 15 is 0 Å². The Morgan fingerprint density at radius 1 is 0.625 bits per heavy atom. The SMILES string of the molecule is CCC[CH2][Sn]([CH2]CCC)([CH2]CCC)[CH2]C1CC(CO[Si](C(C)C)(C(C)C)C(C)C)(CO[Si](C(C)C)(C(C)C)C(C)C)C/C1=C/[Si](C)(C)C. The third-order valence-electron chi connectivity index (χ3n) is 12.9. The Morgan fingerprint density at radius 3 is 1.23 bits per heavy atom. The van der Waals surface area contributed by atoms with Crippen LogP contribution in [0.4, 0.5) is 0 Å². The molecule has 0 bridgehead atoms. The van der Waals surface area contributed by atoms with Gasteiger partial charge in [-0.05, 0) is 0 Å². The van der Waals surface area contributed by atoms with Crippen LogP contribution in [-0.4, -0.2) is 56.3 Å². The van der Waals surface area contributed by atoms with Crippen molar-refractivity contribution in [2.75, 3.05) is 13.2 Å². The molecule has 1 unspecified atom stereocenters. The van der Waals surface area contributed by atoms with Gasteiger partial charge in [-0.1, -0.05) is 0 Å². The van der Waals surface area contributed by atoms with Crippen LogP contribution < -0.4 is 0 Å².